The summed E-state index contributed by atoms with van der Waals surface area (Å²) in [6.45, 7) is -1.61. The Bertz CT molecular complexity index is 2070. The van der Waals surface area contributed by atoms with E-state index >= 15 is 0 Å². The number of methoxy groups -OCH3 is 1. The number of phosphoric ester groups is 2. The third-order valence-electron chi connectivity index (χ3n) is 7.63. The molecule has 0 aromatic carbocycles. The summed E-state index contributed by atoms with van der Waals surface area (Å²) < 4.78 is 67.3. The Kier molecular flexibility index (Phi) is 7.82. The molecule has 47 heavy (non-hydrogen) atoms. The predicted molar refractivity (Wildman–Crippen MR) is 151 cm³/mol. The summed E-state index contributed by atoms with van der Waals surface area (Å²) in [6.07, 6.45) is -9.52. The molecule has 4 aromatic heterocycles. The number of nitrogens with two attached hydrogens (primary N) is 2. The van der Waals surface area contributed by atoms with Crippen molar-refractivity contribution in [1.82, 2.24) is 39.0 Å². The van der Waals surface area contributed by atoms with Gasteiger partial charge < -0.3 is 40.6 Å². The number of anilines is 2. The molecule has 26 heteroatoms. The first-order valence-electron chi connectivity index (χ1n) is 13.5. The van der Waals surface area contributed by atoms with Crippen molar-refractivity contribution in [2.24, 2.45) is 0 Å². The Balaban J connectivity index is 1.19. The SMILES string of the molecule is COC1[C@H]2OP(=O)(O)OC[C@H]3O[C@@H](n4cnc5c(=O)[nH]c(N)nc54)[C@@H](O)C3OP(=O)(O)OC[C@H]2O[C@H]1n1cnc2c(=O)[nH]c(N)nc21. The van der Waals surface area contributed by atoms with Crippen LogP contribution in [0.25, 0.3) is 22.3 Å². The minimum atomic E-state index is -5.07. The lowest BCUT2D eigenvalue weighted by molar-refractivity contribution is -0.0666. The summed E-state index contributed by atoms with van der Waals surface area (Å²) >= 11 is 0. The number of aliphatic hydroxyl groups is 1. The molecular formula is C21H26N10O14P2. The Hall–Kier alpha value is -3.64. The molecule has 254 valence electrons. The van der Waals surface area contributed by atoms with Crippen molar-refractivity contribution in [2.75, 3.05) is 31.8 Å². The van der Waals surface area contributed by atoms with Crippen LogP contribution in [0.3, 0.4) is 0 Å². The van der Waals surface area contributed by atoms with Crippen LogP contribution in [0.2, 0.25) is 0 Å². The minimum Gasteiger partial charge on any atom is -0.386 e. The summed E-state index contributed by atoms with van der Waals surface area (Å²) in [5, 5.41) is 11.2. The zero-order valence-electron chi connectivity index (χ0n) is 23.8. The van der Waals surface area contributed by atoms with Crippen LogP contribution in [-0.4, -0.2) is 111 Å². The number of rotatable bonds is 3. The number of aromatic nitrogens is 8. The van der Waals surface area contributed by atoms with E-state index in [1.807, 2.05) is 0 Å². The number of aliphatic hydroxyl groups excluding tert-OH is 1. The van der Waals surface area contributed by atoms with Crippen molar-refractivity contribution in [3.05, 3.63) is 33.4 Å². The summed E-state index contributed by atoms with van der Waals surface area (Å²) in [5.41, 5.74) is 9.60. The molecule has 24 nitrogen and oxygen atoms in total. The number of hydrogen-bond acceptors (Lipinski definition) is 18. The first-order chi connectivity index (χ1) is 22.2. The molecule has 4 aromatic rings. The highest BCUT2D eigenvalue weighted by Gasteiger charge is 2.54. The Morgan fingerprint density at radius 1 is 0.851 bits per heavy atom. The summed E-state index contributed by atoms with van der Waals surface area (Å²) in [7, 11) is -8.87. The average molecular weight is 704 g/mol. The Labute approximate surface area is 259 Å². The van der Waals surface area contributed by atoms with Gasteiger partial charge in [0.25, 0.3) is 11.1 Å². The van der Waals surface area contributed by atoms with Crippen LogP contribution in [0.15, 0.2) is 22.2 Å². The highest BCUT2D eigenvalue weighted by atomic mass is 31.2. The monoisotopic (exact) mass is 704 g/mol. The number of nitrogens with zero attached hydrogens (tertiary/aromatic N) is 6. The average Bonchev–Trinajstić information content (AvgIpc) is 3.75. The number of phosphoric acid groups is 2. The van der Waals surface area contributed by atoms with Crippen LogP contribution in [0, 0.1) is 0 Å². The first kappa shape index (κ1) is 31.9. The van der Waals surface area contributed by atoms with Crippen molar-refractivity contribution >= 4 is 49.9 Å². The van der Waals surface area contributed by atoms with Gasteiger partial charge in [-0.1, -0.05) is 0 Å². The van der Waals surface area contributed by atoms with Crippen LogP contribution < -0.4 is 22.6 Å². The maximum Gasteiger partial charge on any atom is 0.472 e. The first-order valence-corrected chi connectivity index (χ1v) is 16.5. The van der Waals surface area contributed by atoms with E-state index in [1.54, 1.807) is 0 Å². The van der Waals surface area contributed by atoms with Crippen LogP contribution in [0.5, 0.6) is 0 Å². The van der Waals surface area contributed by atoms with Crippen LogP contribution in [0.1, 0.15) is 12.5 Å². The number of aromatic amines is 2. The standard InChI is InChI=1S/C21H26N10O14P2/c1-39-13-12-7(43-19(13)31-5-25-9-15(31)27-21(23)29-17(9)34)3-41-46(35,36)44-11-6(2-40-47(37,38)45-12)42-18(10(11)32)30-4-24-8-14(30)26-20(22)28-16(8)33/h4-7,10-13,18-19,32H,2-3H2,1H3,(H,35,36)(H,37,38)(H3,22,26,28,33)(H3,23,27,29,34)/t6-,7-,10+,11?,12+,13?,18-,19-/m1/s1. The summed E-state index contributed by atoms with van der Waals surface area (Å²) in [6, 6.07) is 0. The molecule has 0 spiro atoms. The number of nitrogens with one attached hydrogen (secondary N) is 2. The van der Waals surface area contributed by atoms with Gasteiger partial charge in [0.15, 0.2) is 34.8 Å². The largest absolute Gasteiger partial charge is 0.472 e. The number of imidazole rings is 2. The molecule has 3 saturated heterocycles. The second kappa shape index (κ2) is 11.5. The lowest BCUT2D eigenvalue weighted by atomic mass is 10.1. The quantitative estimate of drug-likeness (QED) is 0.109. The van der Waals surface area contributed by atoms with Gasteiger partial charge in [0.1, 0.15) is 36.6 Å². The maximum atomic E-state index is 13.3. The minimum absolute atomic E-state index is 0.0298. The number of H-pyrrole nitrogens is 2. The second-order valence-electron chi connectivity index (χ2n) is 10.5. The smallest absolute Gasteiger partial charge is 0.386 e. The molecular weight excluding hydrogens is 678 g/mol. The van der Waals surface area contributed by atoms with Gasteiger partial charge in [-0.3, -0.25) is 46.8 Å². The summed E-state index contributed by atoms with van der Waals surface area (Å²) in [4.78, 5) is 66.6. The fraction of sp³-hybridized carbons (Fsp3) is 0.524. The topological polar surface area (TPSA) is 339 Å². The number of hydrogen-bond donors (Lipinski definition) is 7. The highest BCUT2D eigenvalue weighted by Crippen LogP contribution is 2.54. The van der Waals surface area contributed by atoms with Crippen LogP contribution in [-0.2, 0) is 41.4 Å². The lowest BCUT2D eigenvalue weighted by Gasteiger charge is -2.28. The molecule has 3 aliphatic rings. The zero-order chi connectivity index (χ0) is 33.4. The van der Waals surface area contributed by atoms with E-state index in [9.17, 15) is 33.6 Å². The van der Waals surface area contributed by atoms with Gasteiger partial charge in [-0.15, -0.1) is 0 Å². The van der Waals surface area contributed by atoms with Crippen molar-refractivity contribution in [3.8, 4) is 0 Å². The normalized spacial score (nSPS) is 36.6. The van der Waals surface area contributed by atoms with Gasteiger partial charge in [0, 0.05) is 7.11 Å². The van der Waals surface area contributed by atoms with E-state index in [4.69, 9.17) is 43.8 Å². The van der Waals surface area contributed by atoms with Gasteiger partial charge in [0.2, 0.25) is 11.9 Å². The van der Waals surface area contributed by atoms with E-state index < -0.39 is 89.1 Å². The molecule has 4 unspecified atom stereocenters. The summed E-state index contributed by atoms with van der Waals surface area (Å²) in [5.74, 6) is -0.504. The van der Waals surface area contributed by atoms with E-state index in [1.165, 1.54) is 18.0 Å². The molecule has 7 heterocycles. The van der Waals surface area contributed by atoms with Gasteiger partial charge in [-0.05, 0) is 0 Å². The molecule has 3 fully saturated rings. The lowest BCUT2D eigenvalue weighted by Crippen LogP contribution is -2.39. The van der Waals surface area contributed by atoms with Crippen molar-refractivity contribution in [2.45, 2.75) is 49.1 Å². The van der Waals surface area contributed by atoms with Gasteiger partial charge in [-0.2, -0.15) is 9.97 Å². The van der Waals surface area contributed by atoms with E-state index in [0.29, 0.717) is 0 Å². The predicted octanol–water partition coefficient (Wildman–Crippen LogP) is -2.39. The molecule has 9 N–H and O–H groups in total. The van der Waals surface area contributed by atoms with Gasteiger partial charge in [-0.25, -0.2) is 19.1 Å². The molecule has 0 bridgehead atoms. The molecule has 0 saturated carbocycles. The Morgan fingerprint density at radius 2 is 1.32 bits per heavy atom. The van der Waals surface area contributed by atoms with E-state index in [2.05, 4.69) is 29.9 Å². The van der Waals surface area contributed by atoms with Crippen molar-refractivity contribution in [1.29, 1.82) is 0 Å². The molecule has 0 radical (unpaired) electrons. The molecule has 10 atom stereocenters. The van der Waals surface area contributed by atoms with Crippen molar-refractivity contribution in [3.63, 3.8) is 0 Å². The maximum absolute atomic E-state index is 13.3. The third-order valence-corrected chi connectivity index (χ3v) is 9.60. The Morgan fingerprint density at radius 3 is 1.85 bits per heavy atom. The third kappa shape index (κ3) is 5.67. The fourth-order valence-corrected chi connectivity index (χ4v) is 7.54. The van der Waals surface area contributed by atoms with Crippen molar-refractivity contribution < 1.29 is 56.3 Å². The highest BCUT2D eigenvalue weighted by molar-refractivity contribution is 7.47. The number of ether oxygens (including phenoxy) is 3. The van der Waals surface area contributed by atoms with Gasteiger partial charge in [0.05, 0.1) is 25.9 Å². The number of nitrogen functional groups attached to an aromatic ring is 2. The molecule has 3 aliphatic heterocycles. The van der Waals surface area contributed by atoms with Crippen LogP contribution in [0.4, 0.5) is 11.9 Å². The second-order valence-corrected chi connectivity index (χ2v) is 13.4. The van der Waals surface area contributed by atoms with E-state index in [0.717, 1.165) is 10.9 Å². The fourth-order valence-electron chi connectivity index (χ4n) is 5.62. The van der Waals surface area contributed by atoms with Gasteiger partial charge >= 0.3 is 15.6 Å². The van der Waals surface area contributed by atoms with Crippen LogP contribution >= 0.6 is 15.6 Å². The number of fused-ring (bicyclic) bond motifs is 4. The van der Waals surface area contributed by atoms with E-state index in [-0.39, 0.29) is 34.2 Å². The zero-order valence-corrected chi connectivity index (χ0v) is 25.5. The molecule has 7 rings (SSSR count). The molecule has 0 amide bonds. The molecule has 0 aliphatic carbocycles.